The van der Waals surface area contributed by atoms with Gasteiger partial charge < -0.3 is 9.32 Å². The molecule has 0 bridgehead atoms. The summed E-state index contributed by atoms with van der Waals surface area (Å²) in [6, 6.07) is 23.0. The molecule has 2 aromatic heterocycles. The lowest BCUT2D eigenvalue weighted by atomic mass is 10.2. The standard InChI is InChI=1S/C27H25ClN4O2/c28-22-10-12-23(13-11-22)32-25(20-24(29-32)26-9-5-19-34-26)27(33)31-17-15-30(16-18-31)14-4-8-21-6-2-1-3-7-21/h1-13,19-20H,14-18H2/b8-4+. The van der Waals surface area contributed by atoms with Gasteiger partial charge in [0.2, 0.25) is 0 Å². The maximum atomic E-state index is 13.5. The molecule has 0 unspecified atom stereocenters. The molecule has 1 amide bonds. The Morgan fingerprint density at radius 3 is 2.44 bits per heavy atom. The van der Waals surface area contributed by atoms with Crippen LogP contribution in [-0.2, 0) is 0 Å². The topological polar surface area (TPSA) is 54.5 Å². The minimum atomic E-state index is -0.0419. The number of hydrogen-bond acceptors (Lipinski definition) is 4. The van der Waals surface area contributed by atoms with Gasteiger partial charge in [-0.15, -0.1) is 0 Å². The monoisotopic (exact) mass is 472 g/mol. The Bertz CT molecular complexity index is 1260. The van der Waals surface area contributed by atoms with E-state index in [0.29, 0.717) is 35.3 Å². The molecule has 0 N–H and O–H groups in total. The van der Waals surface area contributed by atoms with Crippen molar-refractivity contribution in [2.75, 3.05) is 32.7 Å². The van der Waals surface area contributed by atoms with E-state index in [0.717, 1.165) is 25.3 Å². The molecule has 0 radical (unpaired) electrons. The molecule has 3 heterocycles. The van der Waals surface area contributed by atoms with Crippen LogP contribution in [0.1, 0.15) is 16.1 Å². The minimum absolute atomic E-state index is 0.0419. The van der Waals surface area contributed by atoms with Crippen molar-refractivity contribution in [3.05, 3.63) is 101 Å². The van der Waals surface area contributed by atoms with E-state index in [9.17, 15) is 4.79 Å². The molecule has 1 aliphatic rings. The van der Waals surface area contributed by atoms with Gasteiger partial charge in [-0.05, 0) is 42.0 Å². The zero-order valence-electron chi connectivity index (χ0n) is 18.7. The molecule has 172 valence electrons. The predicted octanol–water partition coefficient (Wildman–Crippen LogP) is 5.26. The molecule has 1 fully saturated rings. The highest BCUT2D eigenvalue weighted by Gasteiger charge is 2.26. The van der Waals surface area contributed by atoms with Crippen molar-refractivity contribution in [1.29, 1.82) is 0 Å². The van der Waals surface area contributed by atoms with Crippen LogP contribution in [0.3, 0.4) is 0 Å². The molecule has 2 aromatic carbocycles. The van der Waals surface area contributed by atoms with Crippen molar-refractivity contribution in [3.63, 3.8) is 0 Å². The summed E-state index contributed by atoms with van der Waals surface area (Å²) >= 11 is 6.06. The zero-order chi connectivity index (χ0) is 23.3. The first-order valence-corrected chi connectivity index (χ1v) is 11.7. The second-order valence-electron chi connectivity index (χ2n) is 8.19. The van der Waals surface area contributed by atoms with Crippen LogP contribution in [0.2, 0.25) is 5.02 Å². The van der Waals surface area contributed by atoms with Gasteiger partial charge in [-0.2, -0.15) is 5.10 Å². The van der Waals surface area contributed by atoms with Gasteiger partial charge in [0.15, 0.2) is 5.76 Å². The molecule has 4 aromatic rings. The lowest BCUT2D eigenvalue weighted by molar-refractivity contribution is 0.0641. The maximum absolute atomic E-state index is 13.5. The lowest BCUT2D eigenvalue weighted by Crippen LogP contribution is -2.49. The van der Waals surface area contributed by atoms with Gasteiger partial charge in [-0.1, -0.05) is 54.1 Å². The van der Waals surface area contributed by atoms with Crippen LogP contribution in [0.4, 0.5) is 0 Å². The molecule has 7 heteroatoms. The number of rotatable bonds is 6. The van der Waals surface area contributed by atoms with Crippen LogP contribution in [0.5, 0.6) is 0 Å². The molecule has 1 saturated heterocycles. The zero-order valence-corrected chi connectivity index (χ0v) is 19.4. The quantitative estimate of drug-likeness (QED) is 0.384. The molecule has 0 spiro atoms. The normalized spacial score (nSPS) is 14.7. The third-order valence-corrected chi connectivity index (χ3v) is 6.16. The van der Waals surface area contributed by atoms with Crippen molar-refractivity contribution in [2.45, 2.75) is 0 Å². The molecule has 5 rings (SSSR count). The Kier molecular flexibility index (Phi) is 6.60. The smallest absolute Gasteiger partial charge is 0.272 e. The highest BCUT2D eigenvalue weighted by Crippen LogP contribution is 2.24. The van der Waals surface area contributed by atoms with E-state index < -0.39 is 0 Å². The maximum Gasteiger partial charge on any atom is 0.272 e. The number of aromatic nitrogens is 2. The first-order chi connectivity index (χ1) is 16.7. The number of benzene rings is 2. The summed E-state index contributed by atoms with van der Waals surface area (Å²) in [5, 5.41) is 5.30. The van der Waals surface area contributed by atoms with Crippen LogP contribution < -0.4 is 0 Å². The van der Waals surface area contributed by atoms with E-state index in [1.807, 2.05) is 47.4 Å². The van der Waals surface area contributed by atoms with Crippen molar-refractivity contribution in [3.8, 4) is 17.1 Å². The van der Waals surface area contributed by atoms with Gasteiger partial charge in [-0.3, -0.25) is 9.69 Å². The number of halogens is 1. The Labute approximate surface area is 203 Å². The van der Waals surface area contributed by atoms with Crippen LogP contribution >= 0.6 is 11.6 Å². The molecular weight excluding hydrogens is 448 g/mol. The average Bonchev–Trinajstić information content (AvgIpc) is 3.56. The van der Waals surface area contributed by atoms with E-state index in [-0.39, 0.29) is 5.91 Å². The molecule has 0 saturated carbocycles. The number of hydrogen-bond donors (Lipinski definition) is 0. The highest BCUT2D eigenvalue weighted by atomic mass is 35.5. The molecule has 1 aliphatic heterocycles. The Hall–Kier alpha value is -3.61. The summed E-state index contributed by atoms with van der Waals surface area (Å²) in [6.07, 6.45) is 5.92. The van der Waals surface area contributed by atoms with E-state index in [1.54, 1.807) is 29.1 Å². The fraction of sp³-hybridized carbons (Fsp3) is 0.185. The number of carbonyl (C=O) groups excluding carboxylic acids is 1. The van der Waals surface area contributed by atoms with Gasteiger partial charge in [0.25, 0.3) is 5.91 Å². The van der Waals surface area contributed by atoms with Gasteiger partial charge in [-0.25, -0.2) is 4.68 Å². The largest absolute Gasteiger partial charge is 0.463 e. The highest BCUT2D eigenvalue weighted by molar-refractivity contribution is 6.30. The van der Waals surface area contributed by atoms with Gasteiger partial charge in [0.05, 0.1) is 12.0 Å². The third kappa shape index (κ3) is 4.98. The molecule has 6 nitrogen and oxygen atoms in total. The first-order valence-electron chi connectivity index (χ1n) is 11.3. The SMILES string of the molecule is O=C(c1cc(-c2ccco2)nn1-c1ccc(Cl)cc1)N1CCN(C/C=C/c2ccccc2)CC1. The predicted molar refractivity (Wildman–Crippen MR) is 134 cm³/mol. The second-order valence-corrected chi connectivity index (χ2v) is 8.62. The van der Waals surface area contributed by atoms with E-state index >= 15 is 0 Å². The first kappa shape index (κ1) is 22.2. The second kappa shape index (κ2) is 10.1. The fourth-order valence-electron chi connectivity index (χ4n) is 4.05. The molecular formula is C27H25ClN4O2. The fourth-order valence-corrected chi connectivity index (χ4v) is 4.18. The molecule has 34 heavy (non-hydrogen) atoms. The minimum Gasteiger partial charge on any atom is -0.463 e. The summed E-state index contributed by atoms with van der Waals surface area (Å²) < 4.78 is 7.19. The van der Waals surface area contributed by atoms with Gasteiger partial charge in [0, 0.05) is 43.8 Å². The van der Waals surface area contributed by atoms with E-state index in [1.165, 1.54) is 5.56 Å². The summed E-state index contributed by atoms with van der Waals surface area (Å²) in [5.74, 6) is 0.580. The Balaban J connectivity index is 1.29. The summed E-state index contributed by atoms with van der Waals surface area (Å²) in [6.45, 7) is 3.85. The Morgan fingerprint density at radius 2 is 1.74 bits per heavy atom. The van der Waals surface area contributed by atoms with Crippen LogP contribution in [0.15, 0.2) is 89.6 Å². The van der Waals surface area contributed by atoms with Gasteiger partial charge >= 0.3 is 0 Å². The van der Waals surface area contributed by atoms with Crippen molar-refractivity contribution >= 4 is 23.6 Å². The van der Waals surface area contributed by atoms with Crippen molar-refractivity contribution in [2.24, 2.45) is 0 Å². The van der Waals surface area contributed by atoms with Crippen molar-refractivity contribution in [1.82, 2.24) is 19.6 Å². The van der Waals surface area contributed by atoms with E-state index in [2.05, 4.69) is 34.3 Å². The summed E-state index contributed by atoms with van der Waals surface area (Å²) in [4.78, 5) is 17.8. The van der Waals surface area contributed by atoms with Gasteiger partial charge in [0.1, 0.15) is 11.4 Å². The summed E-state index contributed by atoms with van der Waals surface area (Å²) in [7, 11) is 0. The Morgan fingerprint density at radius 1 is 0.971 bits per heavy atom. The van der Waals surface area contributed by atoms with Crippen LogP contribution in [0, 0.1) is 0 Å². The third-order valence-electron chi connectivity index (χ3n) is 5.91. The average molecular weight is 473 g/mol. The number of nitrogens with zero attached hydrogens (tertiary/aromatic N) is 4. The number of carbonyl (C=O) groups is 1. The van der Waals surface area contributed by atoms with Crippen molar-refractivity contribution < 1.29 is 9.21 Å². The summed E-state index contributed by atoms with van der Waals surface area (Å²) in [5.41, 5.74) is 3.09. The van der Waals surface area contributed by atoms with E-state index in [4.69, 9.17) is 16.0 Å². The molecule has 0 atom stereocenters. The van der Waals surface area contributed by atoms with Crippen LogP contribution in [-0.4, -0.2) is 58.2 Å². The number of furan rings is 1. The van der Waals surface area contributed by atoms with Crippen LogP contribution in [0.25, 0.3) is 23.2 Å². The molecule has 0 aliphatic carbocycles. The lowest BCUT2D eigenvalue weighted by Gasteiger charge is -2.34. The number of amides is 1. The number of piperazine rings is 1.